The second kappa shape index (κ2) is 10.2. The molecule has 0 unspecified atom stereocenters. The number of hydrogen-bond acceptors (Lipinski definition) is 0. The maximum Gasteiger partial charge on any atom is -0.0250 e. The quantitative estimate of drug-likeness (QED) is 0.392. The second-order valence-electron chi connectivity index (χ2n) is 2.79. The van der Waals surface area contributed by atoms with Crippen molar-refractivity contribution in [1.29, 1.82) is 0 Å². The maximum atomic E-state index is 2.30. The lowest BCUT2D eigenvalue weighted by molar-refractivity contribution is 0.778. The SMILES string of the molecule is CCCC=C[P]CCCCC. The Hall–Kier alpha value is 0.170. The lowest BCUT2D eigenvalue weighted by atomic mass is 10.3. The molecular weight excluding hydrogens is 151 g/mol. The molecule has 0 atom stereocenters. The highest BCUT2D eigenvalue weighted by Gasteiger charge is 1.83. The molecule has 0 spiro atoms. The van der Waals surface area contributed by atoms with Gasteiger partial charge in [0.15, 0.2) is 0 Å². The first-order valence-electron chi connectivity index (χ1n) is 4.73. The van der Waals surface area contributed by atoms with Crippen LogP contribution in [0.4, 0.5) is 0 Å². The van der Waals surface area contributed by atoms with Gasteiger partial charge < -0.3 is 0 Å². The molecule has 0 aliphatic rings. The van der Waals surface area contributed by atoms with Gasteiger partial charge in [0, 0.05) is 0 Å². The van der Waals surface area contributed by atoms with Gasteiger partial charge in [-0.25, -0.2) is 0 Å². The summed E-state index contributed by atoms with van der Waals surface area (Å²) in [6.45, 7) is 4.47. The summed E-state index contributed by atoms with van der Waals surface area (Å²) in [6, 6.07) is 0. The predicted octanol–water partition coefficient (Wildman–Crippen LogP) is 4.44. The molecule has 0 heterocycles. The van der Waals surface area contributed by atoms with Crippen LogP contribution in [0.3, 0.4) is 0 Å². The van der Waals surface area contributed by atoms with E-state index in [1.165, 1.54) is 46.8 Å². The minimum atomic E-state index is 1.25. The van der Waals surface area contributed by atoms with E-state index < -0.39 is 0 Å². The molecule has 0 fully saturated rings. The molecule has 1 heteroatoms. The highest BCUT2D eigenvalue weighted by Crippen LogP contribution is 2.15. The molecular formula is C10H20P. The summed E-state index contributed by atoms with van der Waals surface area (Å²) < 4.78 is 0. The monoisotopic (exact) mass is 171 g/mol. The standard InChI is InChI=1S/C10H20P/c1-3-5-7-9-11-10-8-6-4-2/h7,9H,3-6,8,10H2,1-2H3. The Kier molecular flexibility index (Phi) is 10.3. The summed E-state index contributed by atoms with van der Waals surface area (Å²) >= 11 is 0. The van der Waals surface area contributed by atoms with Crippen molar-refractivity contribution in [2.24, 2.45) is 0 Å². The van der Waals surface area contributed by atoms with Crippen LogP contribution in [0.15, 0.2) is 11.9 Å². The van der Waals surface area contributed by atoms with Crippen LogP contribution >= 0.6 is 8.58 Å². The average molecular weight is 171 g/mol. The van der Waals surface area contributed by atoms with Crippen molar-refractivity contribution in [2.75, 3.05) is 6.16 Å². The Morgan fingerprint density at radius 2 is 1.91 bits per heavy atom. The highest BCUT2D eigenvalue weighted by molar-refractivity contribution is 7.41. The zero-order chi connectivity index (χ0) is 8.36. The third-order valence-electron chi connectivity index (χ3n) is 1.56. The van der Waals surface area contributed by atoms with Crippen LogP contribution in [-0.4, -0.2) is 6.16 Å². The van der Waals surface area contributed by atoms with E-state index in [9.17, 15) is 0 Å². The molecule has 0 amide bonds. The highest BCUT2D eigenvalue weighted by atomic mass is 31.1. The van der Waals surface area contributed by atoms with Crippen LogP contribution in [0.25, 0.3) is 0 Å². The predicted molar refractivity (Wildman–Crippen MR) is 55.4 cm³/mol. The molecule has 0 bridgehead atoms. The fourth-order valence-electron chi connectivity index (χ4n) is 0.843. The summed E-state index contributed by atoms with van der Waals surface area (Å²) in [6.07, 6.45) is 10.3. The normalized spacial score (nSPS) is 12.2. The van der Waals surface area contributed by atoms with E-state index in [-0.39, 0.29) is 0 Å². The summed E-state index contributed by atoms with van der Waals surface area (Å²) in [7, 11) is 1.51. The molecule has 0 saturated heterocycles. The van der Waals surface area contributed by atoms with Crippen molar-refractivity contribution in [3.05, 3.63) is 11.9 Å². The van der Waals surface area contributed by atoms with Gasteiger partial charge in [0.05, 0.1) is 0 Å². The van der Waals surface area contributed by atoms with Crippen LogP contribution in [0.2, 0.25) is 0 Å². The van der Waals surface area contributed by atoms with Crippen molar-refractivity contribution in [3.8, 4) is 0 Å². The first-order chi connectivity index (χ1) is 5.41. The van der Waals surface area contributed by atoms with Gasteiger partial charge in [0.2, 0.25) is 0 Å². The van der Waals surface area contributed by atoms with Crippen molar-refractivity contribution >= 4 is 8.58 Å². The molecule has 0 aromatic rings. The minimum Gasteiger partial charge on any atom is -0.0837 e. The first kappa shape index (κ1) is 11.2. The molecule has 0 aliphatic carbocycles. The summed E-state index contributed by atoms with van der Waals surface area (Å²) in [5.74, 6) is 2.30. The number of allylic oxidation sites excluding steroid dienone is 1. The van der Waals surface area contributed by atoms with Gasteiger partial charge in [-0.2, -0.15) is 0 Å². The van der Waals surface area contributed by atoms with E-state index in [0.717, 1.165) is 0 Å². The molecule has 65 valence electrons. The molecule has 1 radical (unpaired) electrons. The fourth-order valence-corrected chi connectivity index (χ4v) is 1.70. The first-order valence-corrected chi connectivity index (χ1v) is 5.88. The van der Waals surface area contributed by atoms with Crippen molar-refractivity contribution in [2.45, 2.75) is 46.0 Å². The second-order valence-corrected chi connectivity index (χ2v) is 3.90. The lowest BCUT2D eigenvalue weighted by Gasteiger charge is -1.92. The molecule has 0 aliphatic heterocycles. The Balaban J connectivity index is 2.89. The molecule has 0 N–H and O–H groups in total. The van der Waals surface area contributed by atoms with Gasteiger partial charge in [-0.15, -0.1) is 0 Å². The van der Waals surface area contributed by atoms with Crippen LogP contribution in [0, 0.1) is 0 Å². The smallest absolute Gasteiger partial charge is 0.0250 e. The number of hydrogen-bond donors (Lipinski definition) is 0. The van der Waals surface area contributed by atoms with Crippen molar-refractivity contribution in [1.82, 2.24) is 0 Å². The van der Waals surface area contributed by atoms with Gasteiger partial charge in [0.1, 0.15) is 0 Å². The van der Waals surface area contributed by atoms with Crippen LogP contribution in [0.1, 0.15) is 46.0 Å². The molecule has 0 nitrogen and oxygen atoms in total. The maximum absolute atomic E-state index is 2.30. The van der Waals surface area contributed by atoms with Crippen molar-refractivity contribution < 1.29 is 0 Å². The zero-order valence-electron chi connectivity index (χ0n) is 7.84. The van der Waals surface area contributed by atoms with E-state index in [4.69, 9.17) is 0 Å². The largest absolute Gasteiger partial charge is 0.0837 e. The van der Waals surface area contributed by atoms with Crippen molar-refractivity contribution in [3.63, 3.8) is 0 Å². The van der Waals surface area contributed by atoms with Crippen LogP contribution in [-0.2, 0) is 0 Å². The molecule has 0 saturated carbocycles. The van der Waals surface area contributed by atoms with Gasteiger partial charge in [-0.1, -0.05) is 53.6 Å². The Morgan fingerprint density at radius 3 is 2.55 bits per heavy atom. The van der Waals surface area contributed by atoms with E-state index in [1.807, 2.05) is 0 Å². The van der Waals surface area contributed by atoms with Crippen LogP contribution in [0.5, 0.6) is 0 Å². The molecule has 0 aromatic heterocycles. The Bertz CT molecular complexity index is 86.9. The Morgan fingerprint density at radius 1 is 1.09 bits per heavy atom. The van der Waals surface area contributed by atoms with Gasteiger partial charge in [0.25, 0.3) is 0 Å². The van der Waals surface area contributed by atoms with E-state index in [1.54, 1.807) is 0 Å². The van der Waals surface area contributed by atoms with Gasteiger partial charge in [-0.05, 0) is 19.0 Å². The molecule has 11 heavy (non-hydrogen) atoms. The third-order valence-corrected chi connectivity index (χ3v) is 2.55. The summed E-state index contributed by atoms with van der Waals surface area (Å²) in [5, 5.41) is 0. The summed E-state index contributed by atoms with van der Waals surface area (Å²) in [5.41, 5.74) is 0. The van der Waals surface area contributed by atoms with E-state index >= 15 is 0 Å². The van der Waals surface area contributed by atoms with E-state index in [2.05, 4.69) is 25.7 Å². The summed E-state index contributed by atoms with van der Waals surface area (Å²) in [4.78, 5) is 0. The third kappa shape index (κ3) is 10.2. The topological polar surface area (TPSA) is 0 Å². The van der Waals surface area contributed by atoms with E-state index in [0.29, 0.717) is 0 Å². The fraction of sp³-hybridized carbons (Fsp3) is 0.800. The number of unbranched alkanes of at least 4 members (excludes halogenated alkanes) is 3. The Labute approximate surface area is 73.2 Å². The van der Waals surface area contributed by atoms with Gasteiger partial charge in [-0.3, -0.25) is 0 Å². The van der Waals surface area contributed by atoms with Gasteiger partial charge >= 0.3 is 0 Å². The lowest BCUT2D eigenvalue weighted by Crippen LogP contribution is -1.73. The average Bonchev–Trinajstić information content (AvgIpc) is 2.03. The minimum absolute atomic E-state index is 1.25. The van der Waals surface area contributed by atoms with Crippen LogP contribution < -0.4 is 0 Å². The number of rotatable bonds is 7. The molecule has 0 aromatic carbocycles. The molecule has 0 rings (SSSR count). The zero-order valence-corrected chi connectivity index (χ0v) is 8.74.